The van der Waals surface area contributed by atoms with Gasteiger partial charge in [-0.2, -0.15) is 0 Å². The van der Waals surface area contributed by atoms with Crippen molar-refractivity contribution in [1.82, 2.24) is 4.57 Å². The van der Waals surface area contributed by atoms with E-state index < -0.39 is 0 Å². The van der Waals surface area contributed by atoms with Crippen LogP contribution in [0.2, 0.25) is 0 Å². The van der Waals surface area contributed by atoms with Gasteiger partial charge in [0.25, 0.3) is 6.71 Å². The number of fused-ring (bicyclic) bond motifs is 9. The summed E-state index contributed by atoms with van der Waals surface area (Å²) in [5.74, 6) is 0.282. The van der Waals surface area contributed by atoms with Crippen molar-refractivity contribution in [2.75, 3.05) is 9.80 Å². The van der Waals surface area contributed by atoms with E-state index in [0.717, 1.165) is 17.1 Å². The lowest BCUT2D eigenvalue weighted by molar-refractivity contribution is 0.867. The lowest BCUT2D eigenvalue weighted by Gasteiger charge is -2.44. The second-order valence-corrected chi connectivity index (χ2v) is 20.6. The molecule has 0 spiro atoms. The van der Waals surface area contributed by atoms with E-state index in [-0.39, 0.29) is 12.6 Å². The highest BCUT2D eigenvalue weighted by Crippen LogP contribution is 2.49. The van der Waals surface area contributed by atoms with E-state index in [4.69, 9.17) is 0 Å². The Hall–Kier alpha value is -9.38. The lowest BCUT2D eigenvalue weighted by Crippen LogP contribution is -2.61. The van der Waals surface area contributed by atoms with Crippen molar-refractivity contribution >= 4 is 101 Å². The summed E-state index contributed by atoms with van der Waals surface area (Å²) in [7, 11) is 0. The second kappa shape index (κ2) is 17.1. The molecule has 0 fully saturated rings. The van der Waals surface area contributed by atoms with Gasteiger partial charge in [-0.05, 0) is 156 Å². The maximum Gasteiger partial charge on any atom is 0.252 e. The molecule has 1 aromatic heterocycles. The molecule has 352 valence electrons. The molecule has 0 saturated heterocycles. The van der Waals surface area contributed by atoms with Crippen LogP contribution in [0, 0.1) is 0 Å². The van der Waals surface area contributed by atoms with Crippen molar-refractivity contribution in [3.05, 3.63) is 266 Å². The molecular formula is C71H50BN3. The molecule has 2 aliphatic heterocycles. The van der Waals surface area contributed by atoms with Gasteiger partial charge in [0.05, 0.1) is 11.0 Å². The molecular weight excluding hydrogens is 906 g/mol. The van der Waals surface area contributed by atoms with Gasteiger partial charge >= 0.3 is 0 Å². The van der Waals surface area contributed by atoms with Gasteiger partial charge in [0.15, 0.2) is 0 Å². The molecule has 0 amide bonds. The average molecular weight is 956 g/mol. The number of anilines is 6. The smallest absolute Gasteiger partial charge is 0.252 e. The number of hydrogen-bond donors (Lipinski definition) is 0. The molecule has 0 saturated carbocycles. The fourth-order valence-electron chi connectivity index (χ4n) is 12.8. The van der Waals surface area contributed by atoms with E-state index in [9.17, 15) is 0 Å². The Morgan fingerprint density at radius 3 is 1.32 bits per heavy atom. The molecule has 0 radical (unpaired) electrons. The maximum atomic E-state index is 2.55. The highest BCUT2D eigenvalue weighted by Gasteiger charge is 2.44. The van der Waals surface area contributed by atoms with Crippen LogP contribution in [0.4, 0.5) is 34.1 Å². The van der Waals surface area contributed by atoms with Crippen LogP contribution in [0.1, 0.15) is 25.3 Å². The minimum Gasteiger partial charge on any atom is -0.311 e. The highest BCUT2D eigenvalue weighted by atomic mass is 15.2. The molecule has 0 aliphatic carbocycles. The zero-order valence-corrected chi connectivity index (χ0v) is 41.8. The van der Waals surface area contributed by atoms with Crippen LogP contribution < -0.4 is 26.2 Å². The van der Waals surface area contributed by atoms with Crippen LogP contribution >= 0.6 is 0 Å². The number of hydrogen-bond acceptors (Lipinski definition) is 2. The molecule has 0 unspecified atom stereocenters. The van der Waals surface area contributed by atoms with E-state index >= 15 is 0 Å². The largest absolute Gasteiger partial charge is 0.311 e. The van der Waals surface area contributed by atoms with Gasteiger partial charge in [0.2, 0.25) is 0 Å². The van der Waals surface area contributed by atoms with Gasteiger partial charge in [-0.3, -0.25) is 0 Å². The summed E-state index contributed by atoms with van der Waals surface area (Å²) < 4.78 is 2.45. The Labute approximate surface area is 437 Å². The number of nitrogens with zero attached hydrogens (tertiary/aromatic N) is 3. The third kappa shape index (κ3) is 6.69. The number of benzene rings is 12. The lowest BCUT2D eigenvalue weighted by atomic mass is 9.33. The van der Waals surface area contributed by atoms with E-state index in [2.05, 4.69) is 289 Å². The summed E-state index contributed by atoms with van der Waals surface area (Å²) in [6.07, 6.45) is 0. The monoisotopic (exact) mass is 955 g/mol. The third-order valence-corrected chi connectivity index (χ3v) is 16.1. The van der Waals surface area contributed by atoms with Crippen molar-refractivity contribution in [1.29, 1.82) is 0 Å². The number of para-hydroxylation sites is 5. The van der Waals surface area contributed by atoms with Crippen LogP contribution in [-0.4, -0.2) is 11.3 Å². The Balaban J connectivity index is 1.03. The van der Waals surface area contributed by atoms with Gasteiger partial charge in [0, 0.05) is 50.6 Å². The Bertz CT molecular complexity index is 4300. The van der Waals surface area contributed by atoms with Gasteiger partial charge < -0.3 is 14.4 Å². The number of rotatable bonds is 7. The van der Waals surface area contributed by atoms with Crippen molar-refractivity contribution in [3.8, 4) is 39.1 Å². The molecule has 13 aromatic rings. The fourth-order valence-corrected chi connectivity index (χ4v) is 12.8. The second-order valence-electron chi connectivity index (χ2n) is 20.6. The zero-order valence-electron chi connectivity index (χ0n) is 41.8. The molecule has 3 nitrogen and oxygen atoms in total. The quantitative estimate of drug-likeness (QED) is 0.116. The Morgan fingerprint density at radius 1 is 0.307 bits per heavy atom. The van der Waals surface area contributed by atoms with Crippen LogP contribution in [-0.2, 0) is 0 Å². The van der Waals surface area contributed by atoms with E-state index in [0.29, 0.717) is 0 Å². The normalized spacial score (nSPS) is 12.7. The summed E-state index contributed by atoms with van der Waals surface area (Å²) in [5.41, 5.74) is 23.1. The molecule has 12 aromatic carbocycles. The average Bonchev–Trinajstić information content (AvgIpc) is 3.82. The predicted molar refractivity (Wildman–Crippen MR) is 320 cm³/mol. The first-order valence-electron chi connectivity index (χ1n) is 26.3. The van der Waals surface area contributed by atoms with Gasteiger partial charge in [-0.15, -0.1) is 0 Å². The fraction of sp³-hybridized carbons (Fsp3) is 0.0423. The maximum absolute atomic E-state index is 2.55. The summed E-state index contributed by atoms with van der Waals surface area (Å²) in [6.45, 7) is 4.63. The van der Waals surface area contributed by atoms with E-state index in [1.807, 2.05) is 0 Å². The molecule has 15 rings (SSSR count). The third-order valence-electron chi connectivity index (χ3n) is 16.1. The van der Waals surface area contributed by atoms with Crippen LogP contribution in [0.15, 0.2) is 261 Å². The molecule has 75 heavy (non-hydrogen) atoms. The minimum absolute atomic E-state index is 0.0270. The Morgan fingerprint density at radius 2 is 0.747 bits per heavy atom. The summed E-state index contributed by atoms with van der Waals surface area (Å²) in [6, 6.07) is 97.3. The molecule has 0 atom stereocenters. The first-order chi connectivity index (χ1) is 37.1. The van der Waals surface area contributed by atoms with Crippen LogP contribution in [0.3, 0.4) is 0 Å². The van der Waals surface area contributed by atoms with Gasteiger partial charge in [0.1, 0.15) is 0 Å². The zero-order chi connectivity index (χ0) is 49.7. The SMILES string of the molecule is CC(C)c1cc(-c2cc3c4c(c2)N(c2ccccc2)c2cc(-n5c6ccccc6c6ccccc65)ccc2B4c2ccccc2N3c2ccccc2)cc(-c2c3ccccc3c(-c3ccccc3)c3ccccc23)c1. The van der Waals surface area contributed by atoms with Crippen molar-refractivity contribution in [3.63, 3.8) is 0 Å². The van der Waals surface area contributed by atoms with Crippen molar-refractivity contribution in [2.45, 2.75) is 19.8 Å². The topological polar surface area (TPSA) is 11.4 Å². The minimum atomic E-state index is -0.0270. The summed E-state index contributed by atoms with van der Waals surface area (Å²) in [5, 5.41) is 7.53. The summed E-state index contributed by atoms with van der Waals surface area (Å²) >= 11 is 0. The van der Waals surface area contributed by atoms with Crippen molar-refractivity contribution in [2.24, 2.45) is 0 Å². The van der Waals surface area contributed by atoms with E-state index in [1.54, 1.807) is 0 Å². The van der Waals surface area contributed by atoms with Gasteiger partial charge in [-0.1, -0.05) is 202 Å². The van der Waals surface area contributed by atoms with Crippen LogP contribution in [0.5, 0.6) is 0 Å². The molecule has 0 N–H and O–H groups in total. The van der Waals surface area contributed by atoms with E-state index in [1.165, 1.54) is 121 Å². The summed E-state index contributed by atoms with van der Waals surface area (Å²) in [4.78, 5) is 5.07. The van der Waals surface area contributed by atoms with Crippen molar-refractivity contribution < 1.29 is 0 Å². The molecule has 4 heteroatoms. The van der Waals surface area contributed by atoms with Crippen LogP contribution in [0.25, 0.3) is 82.4 Å². The standard InChI is InChI=1S/C71H50BN3/c1-46(2)48-40-49(42-51(41-48)70-59-32-14-12-30-57(59)69(47-22-6-3-7-23-47)58-31-13-15-33-60(58)70)50-43-67-71-68(44-50)74(53-26-10-5-11-27-53)66-45-54(75-63-35-19-16-28-55(63)56-29-17-20-36-64(56)75)38-39-62(66)72(71)61-34-18-21-37-65(61)73(67)52-24-8-4-9-25-52/h3-46H,1-2H3. The molecule has 2 aliphatic rings. The highest BCUT2D eigenvalue weighted by molar-refractivity contribution is 7.00. The Kier molecular flexibility index (Phi) is 9.87. The number of aromatic nitrogens is 1. The molecule has 3 heterocycles. The predicted octanol–water partition coefficient (Wildman–Crippen LogP) is 17.3. The first kappa shape index (κ1) is 43.2. The first-order valence-corrected chi connectivity index (χ1v) is 26.3. The molecule has 0 bridgehead atoms. The van der Waals surface area contributed by atoms with Gasteiger partial charge in [-0.25, -0.2) is 0 Å².